The van der Waals surface area contributed by atoms with Gasteiger partial charge in [-0.2, -0.15) is 0 Å². The highest BCUT2D eigenvalue weighted by molar-refractivity contribution is 6.19. The van der Waals surface area contributed by atoms with E-state index in [1.54, 1.807) is 13.0 Å². The Morgan fingerprint density at radius 1 is 1.71 bits per heavy atom. The first kappa shape index (κ1) is 13.8. The van der Waals surface area contributed by atoms with Gasteiger partial charge in [-0.25, -0.2) is 0 Å². The van der Waals surface area contributed by atoms with Crippen molar-refractivity contribution >= 4 is 10.0 Å². The number of hydrogen-bond donors (Lipinski definition) is 1. The molecule has 0 aromatic carbocycles. The van der Waals surface area contributed by atoms with Gasteiger partial charge in [0, 0.05) is 0 Å². The van der Waals surface area contributed by atoms with Gasteiger partial charge in [0.15, 0.2) is 6.29 Å². The first-order valence-electron chi connectivity index (χ1n) is 4.60. The first-order chi connectivity index (χ1) is 6.48. The molecule has 1 aliphatic rings. The molecule has 0 spiro atoms. The highest BCUT2D eigenvalue weighted by atomic mass is 28.3. The lowest BCUT2D eigenvalue weighted by atomic mass is 10.2. The Hall–Kier alpha value is -0.203. The van der Waals surface area contributed by atoms with Crippen LogP contribution in [-0.4, -0.2) is 40.2 Å². The van der Waals surface area contributed by atoms with Crippen LogP contribution in [0.3, 0.4) is 0 Å². The van der Waals surface area contributed by atoms with Gasteiger partial charge in [-0.15, -0.1) is 6.58 Å². The maximum atomic E-state index is 8.41. The van der Waals surface area contributed by atoms with Gasteiger partial charge in [0.2, 0.25) is 0 Å². The van der Waals surface area contributed by atoms with Crippen molar-refractivity contribution in [1.29, 1.82) is 0 Å². The average Bonchev–Trinajstić information content (AvgIpc) is 2.47. The summed E-state index contributed by atoms with van der Waals surface area (Å²) < 4.78 is 15.0. The topological polar surface area (TPSA) is 47.9 Å². The van der Waals surface area contributed by atoms with Crippen molar-refractivity contribution in [1.82, 2.24) is 0 Å². The molecule has 1 heterocycles. The number of aliphatic hydroxyl groups excluding tert-OH is 1. The molecule has 0 saturated carbocycles. The Balaban J connectivity index is 0.000000241. The van der Waals surface area contributed by atoms with Crippen molar-refractivity contribution < 1.29 is 18.7 Å². The zero-order valence-corrected chi connectivity index (χ0v) is 10.6. The summed E-state index contributed by atoms with van der Waals surface area (Å²) >= 11 is 0. The van der Waals surface area contributed by atoms with Gasteiger partial charge in [0.1, 0.15) is 0 Å². The molecule has 1 saturated heterocycles. The van der Waals surface area contributed by atoms with Crippen LogP contribution in [0.25, 0.3) is 0 Å². The summed E-state index contributed by atoms with van der Waals surface area (Å²) in [6.07, 6.45) is 0.921. The van der Waals surface area contributed by atoms with E-state index in [4.69, 9.17) is 14.0 Å². The fraction of sp³-hybridized carbons (Fsp3) is 0.778. The molecule has 0 aliphatic carbocycles. The molecular formula is C9H20O4Si. The molecule has 0 amide bonds. The van der Waals surface area contributed by atoms with Gasteiger partial charge < -0.3 is 18.7 Å². The average molecular weight is 220 g/mol. The Bertz CT molecular complexity index is 151. The van der Waals surface area contributed by atoms with Crippen molar-refractivity contribution in [2.75, 3.05) is 13.2 Å². The van der Waals surface area contributed by atoms with E-state index in [9.17, 15) is 0 Å². The molecule has 0 aromatic rings. The van der Waals surface area contributed by atoms with Crippen LogP contribution in [0.15, 0.2) is 12.7 Å². The predicted molar refractivity (Wildman–Crippen MR) is 57.5 cm³/mol. The molecule has 14 heavy (non-hydrogen) atoms. The number of rotatable bonds is 3. The van der Waals surface area contributed by atoms with Gasteiger partial charge in [0.05, 0.1) is 18.8 Å². The maximum Gasteiger partial charge on any atom is 0.305 e. The van der Waals surface area contributed by atoms with Gasteiger partial charge in [-0.05, 0) is 20.8 Å². The molecule has 1 atom stereocenters. The largest absolute Gasteiger partial charge is 0.396 e. The third-order valence-corrected chi connectivity index (χ3v) is 2.71. The van der Waals surface area contributed by atoms with Gasteiger partial charge in [-0.1, -0.05) is 6.08 Å². The Kier molecular flexibility index (Phi) is 7.03. The fourth-order valence-corrected chi connectivity index (χ4v) is 1.80. The normalized spacial score (nSPS) is 22.6. The smallest absolute Gasteiger partial charge is 0.305 e. The highest BCUT2D eigenvalue weighted by Crippen LogP contribution is 2.13. The van der Waals surface area contributed by atoms with Crippen molar-refractivity contribution in [2.45, 2.75) is 32.7 Å². The van der Waals surface area contributed by atoms with Crippen LogP contribution < -0.4 is 0 Å². The Morgan fingerprint density at radius 3 is 2.50 bits per heavy atom. The third kappa shape index (κ3) is 8.40. The van der Waals surface area contributed by atoms with Crippen molar-refractivity contribution in [3.63, 3.8) is 0 Å². The zero-order chi connectivity index (χ0) is 11.0. The summed E-state index contributed by atoms with van der Waals surface area (Å²) in [5.41, 5.74) is 0.0340. The second-order valence-electron chi connectivity index (χ2n) is 3.59. The molecule has 1 fully saturated rings. The van der Waals surface area contributed by atoms with Crippen molar-refractivity contribution in [3.05, 3.63) is 12.7 Å². The first-order valence-corrected chi connectivity index (χ1v) is 5.75. The minimum absolute atomic E-state index is 0.0340. The number of hydrogen-bond acceptors (Lipinski definition) is 4. The van der Waals surface area contributed by atoms with Crippen LogP contribution in [0.4, 0.5) is 0 Å². The highest BCUT2D eigenvalue weighted by Gasteiger charge is 2.23. The maximum absolute atomic E-state index is 8.41. The summed E-state index contributed by atoms with van der Waals surface area (Å²) in [6.45, 7) is 10.3. The summed E-state index contributed by atoms with van der Waals surface area (Å²) in [7, 11) is -0.561. The van der Waals surface area contributed by atoms with E-state index in [-0.39, 0.29) is 5.60 Å². The van der Waals surface area contributed by atoms with E-state index in [1.807, 2.05) is 13.8 Å². The molecule has 0 bridgehead atoms. The van der Waals surface area contributed by atoms with Gasteiger partial charge in [0.25, 0.3) is 0 Å². The molecule has 1 N–H and O–H groups in total. The molecule has 4 nitrogen and oxygen atoms in total. The monoisotopic (exact) mass is 220 g/mol. The van der Waals surface area contributed by atoms with E-state index in [0.717, 1.165) is 6.61 Å². The van der Waals surface area contributed by atoms with Crippen molar-refractivity contribution in [2.24, 2.45) is 0 Å². The van der Waals surface area contributed by atoms with Crippen LogP contribution in [0, 0.1) is 0 Å². The summed E-state index contributed by atoms with van der Waals surface area (Å²) in [5.74, 6) is 0. The number of aliphatic hydroxyl groups is 1. The summed E-state index contributed by atoms with van der Waals surface area (Å²) in [5, 5.41) is 8.41. The number of ether oxygens (including phenoxy) is 1. The quantitative estimate of drug-likeness (QED) is 0.423. The lowest BCUT2D eigenvalue weighted by Gasteiger charge is -2.12. The van der Waals surface area contributed by atoms with E-state index >= 15 is 0 Å². The Labute approximate surface area is 87.9 Å². The van der Waals surface area contributed by atoms with E-state index in [1.165, 1.54) is 0 Å². The lowest BCUT2D eigenvalue weighted by molar-refractivity contribution is -0.0739. The zero-order valence-electron chi connectivity index (χ0n) is 9.16. The van der Waals surface area contributed by atoms with Gasteiger partial charge >= 0.3 is 10.0 Å². The fourth-order valence-electron chi connectivity index (χ4n) is 0.738. The van der Waals surface area contributed by atoms with Crippen LogP contribution in [0.2, 0.25) is 0 Å². The standard InChI is InChI=1S/C5H10O2.C4H10O2Si/c1-3-4-7-5(2)6;1-4(2)3-5-7-6-4/h3,5-6H,1,4H2,2H3;3,7H2,1-2H3. The van der Waals surface area contributed by atoms with Crippen LogP contribution in [-0.2, 0) is 13.6 Å². The molecular weight excluding hydrogens is 200 g/mol. The molecule has 5 heteroatoms. The molecule has 1 unspecified atom stereocenters. The lowest BCUT2D eigenvalue weighted by Crippen LogP contribution is -2.21. The van der Waals surface area contributed by atoms with E-state index < -0.39 is 16.3 Å². The molecule has 1 aliphatic heterocycles. The van der Waals surface area contributed by atoms with E-state index in [0.29, 0.717) is 6.61 Å². The van der Waals surface area contributed by atoms with Crippen molar-refractivity contribution in [3.8, 4) is 0 Å². The summed E-state index contributed by atoms with van der Waals surface area (Å²) in [6, 6.07) is 0. The molecule has 0 aromatic heterocycles. The van der Waals surface area contributed by atoms with Crippen LogP contribution in [0.1, 0.15) is 20.8 Å². The SMILES string of the molecule is C=CCOC(C)O.CC1(C)CO[SiH2]O1. The second kappa shape index (κ2) is 7.14. The second-order valence-corrected chi connectivity index (χ2v) is 4.52. The van der Waals surface area contributed by atoms with Crippen LogP contribution in [0.5, 0.6) is 0 Å². The minimum Gasteiger partial charge on any atom is -0.396 e. The summed E-state index contributed by atoms with van der Waals surface area (Å²) in [4.78, 5) is 0. The predicted octanol–water partition coefficient (Wildman–Crippen LogP) is 0.338. The van der Waals surface area contributed by atoms with Crippen LogP contribution >= 0.6 is 0 Å². The molecule has 0 radical (unpaired) electrons. The minimum atomic E-state index is -0.669. The third-order valence-electron chi connectivity index (χ3n) is 1.44. The molecule has 84 valence electrons. The molecule has 1 rings (SSSR count). The van der Waals surface area contributed by atoms with Gasteiger partial charge in [-0.3, -0.25) is 0 Å². The Morgan fingerprint density at radius 2 is 2.36 bits per heavy atom. The van der Waals surface area contributed by atoms with E-state index in [2.05, 4.69) is 11.3 Å².